The first-order chi connectivity index (χ1) is 16.6. The molecule has 0 N–H and O–H groups in total. The van der Waals surface area contributed by atoms with E-state index in [1.807, 2.05) is 12.1 Å². The number of Topliss-reactive ketones (excluding diaryl/α,β-unsaturated/α-hetero) is 1. The van der Waals surface area contributed by atoms with Gasteiger partial charge in [-0.3, -0.25) is 4.79 Å². The zero-order valence-electron chi connectivity index (χ0n) is 20.2. The fraction of sp³-hybridized carbons (Fsp3) is 0.367. The number of benzene rings is 3. The quantitative estimate of drug-likeness (QED) is 0.409. The molecule has 1 aliphatic carbocycles. The summed E-state index contributed by atoms with van der Waals surface area (Å²) in [6.45, 7) is 4.36. The van der Waals surface area contributed by atoms with Crippen molar-refractivity contribution in [3.8, 4) is 11.5 Å². The molecule has 0 aromatic heterocycles. The number of carbonyl (C=O) groups excluding carboxylic acids is 1. The van der Waals surface area contributed by atoms with Gasteiger partial charge in [0, 0.05) is 34.9 Å². The van der Waals surface area contributed by atoms with Crippen LogP contribution in [0.2, 0.25) is 0 Å². The normalized spacial score (nSPS) is 20.8. The van der Waals surface area contributed by atoms with Gasteiger partial charge in [0.1, 0.15) is 13.1 Å². The molecule has 1 saturated heterocycles. The maximum atomic E-state index is 13.3. The second-order valence-electron chi connectivity index (χ2n) is 10.1. The maximum absolute atomic E-state index is 13.3. The number of quaternary nitrogens is 1. The molecule has 1 heterocycles. The van der Waals surface area contributed by atoms with Gasteiger partial charge in [-0.1, -0.05) is 60.7 Å². The van der Waals surface area contributed by atoms with E-state index in [2.05, 4.69) is 60.7 Å². The Morgan fingerprint density at radius 1 is 0.853 bits per heavy atom. The van der Waals surface area contributed by atoms with Crippen LogP contribution in [0.1, 0.15) is 39.9 Å². The Morgan fingerprint density at radius 2 is 1.44 bits per heavy atom. The highest BCUT2D eigenvalue weighted by Gasteiger charge is 2.42. The lowest BCUT2D eigenvalue weighted by Crippen LogP contribution is -2.44. The van der Waals surface area contributed by atoms with E-state index in [0.29, 0.717) is 17.4 Å². The van der Waals surface area contributed by atoms with Crippen molar-refractivity contribution < 1.29 is 18.8 Å². The molecule has 1 aliphatic heterocycles. The largest absolute Gasteiger partial charge is 0.493 e. The smallest absolute Gasteiger partial charge is 0.166 e. The molecule has 3 aromatic rings. The minimum atomic E-state index is 0.0604. The number of hydrogen-bond acceptors (Lipinski definition) is 3. The topological polar surface area (TPSA) is 35.5 Å². The van der Waals surface area contributed by atoms with Crippen LogP contribution in [0.15, 0.2) is 72.8 Å². The van der Waals surface area contributed by atoms with Gasteiger partial charge >= 0.3 is 0 Å². The SMILES string of the molecule is COc1cc2c(cc1OC)C(=O)C(CC1CC[N+](Cc3ccccc3)(Cc3ccccc3)C1)C2. The van der Waals surface area contributed by atoms with Crippen LogP contribution in [-0.2, 0) is 19.5 Å². The van der Waals surface area contributed by atoms with Gasteiger partial charge in [-0.2, -0.15) is 0 Å². The molecule has 0 amide bonds. The number of ether oxygens (including phenoxy) is 2. The predicted octanol–water partition coefficient (Wildman–Crippen LogP) is 5.69. The molecule has 5 rings (SSSR count). The predicted molar refractivity (Wildman–Crippen MR) is 134 cm³/mol. The Bertz CT molecular complexity index is 1100. The number of likely N-dealkylation sites (tertiary alicyclic amines) is 1. The van der Waals surface area contributed by atoms with Crippen molar-refractivity contribution >= 4 is 5.78 Å². The summed E-state index contributed by atoms with van der Waals surface area (Å²) < 4.78 is 12.0. The van der Waals surface area contributed by atoms with Gasteiger partial charge in [-0.15, -0.1) is 0 Å². The lowest BCUT2D eigenvalue weighted by molar-refractivity contribution is -0.944. The van der Waals surface area contributed by atoms with Gasteiger partial charge < -0.3 is 14.0 Å². The highest BCUT2D eigenvalue weighted by molar-refractivity contribution is 6.02. The molecule has 2 aliphatic rings. The van der Waals surface area contributed by atoms with Crippen molar-refractivity contribution in [2.24, 2.45) is 11.8 Å². The second kappa shape index (κ2) is 9.63. The third-order valence-corrected chi connectivity index (χ3v) is 7.71. The molecule has 2 unspecified atom stereocenters. The second-order valence-corrected chi connectivity index (χ2v) is 10.1. The van der Waals surface area contributed by atoms with Crippen molar-refractivity contribution in [3.05, 3.63) is 95.1 Å². The van der Waals surface area contributed by atoms with Gasteiger partial charge in [0.05, 0.1) is 27.3 Å². The zero-order valence-corrected chi connectivity index (χ0v) is 20.2. The summed E-state index contributed by atoms with van der Waals surface area (Å²) in [5.41, 5.74) is 4.69. The summed E-state index contributed by atoms with van der Waals surface area (Å²) in [5, 5.41) is 0. The number of rotatable bonds is 8. The molecule has 1 fully saturated rings. The molecule has 4 heteroatoms. The maximum Gasteiger partial charge on any atom is 0.166 e. The summed E-state index contributed by atoms with van der Waals surface area (Å²) in [5.74, 6) is 2.23. The van der Waals surface area contributed by atoms with Crippen LogP contribution in [0.5, 0.6) is 11.5 Å². The Kier molecular flexibility index (Phi) is 6.42. The summed E-state index contributed by atoms with van der Waals surface area (Å²) in [7, 11) is 3.27. The van der Waals surface area contributed by atoms with Gasteiger partial charge in [0.25, 0.3) is 0 Å². The van der Waals surface area contributed by atoms with Crippen molar-refractivity contribution in [3.63, 3.8) is 0 Å². The molecular weight excluding hydrogens is 422 g/mol. The van der Waals surface area contributed by atoms with Crippen molar-refractivity contribution in [2.75, 3.05) is 27.3 Å². The number of fused-ring (bicyclic) bond motifs is 1. The lowest BCUT2D eigenvalue weighted by atomic mass is 9.91. The Hall–Kier alpha value is -3.11. The van der Waals surface area contributed by atoms with Gasteiger partial charge in [0.2, 0.25) is 0 Å². The highest BCUT2D eigenvalue weighted by Crippen LogP contribution is 2.41. The van der Waals surface area contributed by atoms with E-state index < -0.39 is 0 Å². The van der Waals surface area contributed by atoms with Crippen LogP contribution in [0.25, 0.3) is 0 Å². The summed E-state index contributed by atoms with van der Waals surface area (Å²) in [4.78, 5) is 13.3. The molecule has 4 nitrogen and oxygen atoms in total. The number of hydrogen-bond donors (Lipinski definition) is 0. The number of methoxy groups -OCH3 is 2. The first kappa shape index (κ1) is 22.7. The van der Waals surface area contributed by atoms with Crippen molar-refractivity contribution in [1.82, 2.24) is 0 Å². The fourth-order valence-electron chi connectivity index (χ4n) is 6.15. The van der Waals surface area contributed by atoms with E-state index in [-0.39, 0.29) is 11.7 Å². The lowest BCUT2D eigenvalue weighted by Gasteiger charge is -2.35. The van der Waals surface area contributed by atoms with Crippen LogP contribution in [-0.4, -0.2) is 37.6 Å². The summed E-state index contributed by atoms with van der Waals surface area (Å²) in [6, 6.07) is 25.6. The first-order valence-electron chi connectivity index (χ1n) is 12.3. The van der Waals surface area contributed by atoms with E-state index in [0.717, 1.165) is 54.6 Å². The molecule has 3 aromatic carbocycles. The third kappa shape index (κ3) is 4.60. The van der Waals surface area contributed by atoms with Crippen LogP contribution in [0.4, 0.5) is 0 Å². The Labute approximate surface area is 202 Å². The summed E-state index contributed by atoms with van der Waals surface area (Å²) >= 11 is 0. The van der Waals surface area contributed by atoms with Gasteiger partial charge in [-0.05, 0) is 30.5 Å². The molecule has 176 valence electrons. The minimum absolute atomic E-state index is 0.0604. The van der Waals surface area contributed by atoms with Crippen molar-refractivity contribution in [2.45, 2.75) is 32.4 Å². The number of carbonyl (C=O) groups is 1. The average molecular weight is 457 g/mol. The number of nitrogens with zero attached hydrogens (tertiary/aromatic N) is 1. The molecule has 2 atom stereocenters. The minimum Gasteiger partial charge on any atom is -0.493 e. The van der Waals surface area contributed by atoms with E-state index in [1.165, 1.54) is 17.5 Å². The fourth-order valence-corrected chi connectivity index (χ4v) is 6.15. The van der Waals surface area contributed by atoms with E-state index in [4.69, 9.17) is 9.47 Å². The van der Waals surface area contributed by atoms with E-state index >= 15 is 0 Å². The molecular formula is C30H34NO3+. The van der Waals surface area contributed by atoms with Crippen LogP contribution in [0.3, 0.4) is 0 Å². The Balaban J connectivity index is 1.32. The molecule has 0 radical (unpaired) electrons. The van der Waals surface area contributed by atoms with Crippen LogP contribution in [0, 0.1) is 11.8 Å². The number of ketones is 1. The molecule has 34 heavy (non-hydrogen) atoms. The monoisotopic (exact) mass is 456 g/mol. The van der Waals surface area contributed by atoms with Gasteiger partial charge in [0.15, 0.2) is 17.3 Å². The van der Waals surface area contributed by atoms with Crippen molar-refractivity contribution in [1.29, 1.82) is 0 Å². The molecule has 0 spiro atoms. The zero-order chi connectivity index (χ0) is 23.5. The van der Waals surface area contributed by atoms with E-state index in [9.17, 15) is 4.79 Å². The first-order valence-corrected chi connectivity index (χ1v) is 12.3. The van der Waals surface area contributed by atoms with Gasteiger partial charge in [-0.25, -0.2) is 0 Å². The van der Waals surface area contributed by atoms with Crippen LogP contribution < -0.4 is 9.47 Å². The molecule has 0 saturated carbocycles. The van der Waals surface area contributed by atoms with Crippen LogP contribution >= 0.6 is 0 Å². The highest BCUT2D eigenvalue weighted by atomic mass is 16.5. The Morgan fingerprint density at radius 3 is 2.03 bits per heavy atom. The third-order valence-electron chi connectivity index (χ3n) is 7.71. The average Bonchev–Trinajstić information content (AvgIpc) is 3.39. The summed E-state index contributed by atoms with van der Waals surface area (Å²) in [6.07, 6.45) is 2.94. The standard InChI is InChI=1S/C30H34NO3/c1-33-28-17-25-16-26(30(32)27(25)18-29(28)34-2)15-24-13-14-31(21-24,19-22-9-5-3-6-10-22)20-23-11-7-4-8-12-23/h3-12,17-18,24,26H,13-16,19-21H2,1-2H3/q+1. The van der Waals surface area contributed by atoms with E-state index in [1.54, 1.807) is 14.2 Å². The molecule has 0 bridgehead atoms.